The lowest BCUT2D eigenvalue weighted by Gasteiger charge is -2.60. The number of allylic oxidation sites excluding steroid dienone is 4. The smallest absolute Gasteiger partial charge is 0.405 e. The zero-order valence-electron chi connectivity index (χ0n) is 22.8. The molecule has 7 atom stereocenters. The van der Waals surface area contributed by atoms with Gasteiger partial charge in [0.25, 0.3) is 0 Å². The molecule has 0 aromatic heterocycles. The first-order chi connectivity index (χ1) is 16.7. The molecule has 4 aliphatic carbocycles. The highest BCUT2D eigenvalue weighted by Crippen LogP contribution is 2.64. The maximum Gasteiger partial charge on any atom is 0.405 e. The highest BCUT2D eigenvalue weighted by atomic mass is 16.6. The second-order valence-corrected chi connectivity index (χ2v) is 13.3. The van der Waals surface area contributed by atoms with Crippen LogP contribution in [0.4, 0.5) is 4.79 Å². The van der Waals surface area contributed by atoms with E-state index in [1.165, 1.54) is 0 Å². The Morgan fingerprint density at radius 1 is 1.17 bits per heavy atom. The Balaban J connectivity index is 1.80. The predicted molar refractivity (Wildman–Crippen MR) is 137 cm³/mol. The van der Waals surface area contributed by atoms with Crippen molar-refractivity contribution in [3.8, 4) is 6.07 Å². The maximum absolute atomic E-state index is 14.1. The van der Waals surface area contributed by atoms with Crippen LogP contribution in [0.15, 0.2) is 23.3 Å². The zero-order chi connectivity index (χ0) is 26.7. The van der Waals surface area contributed by atoms with Crippen LogP contribution in [0.25, 0.3) is 0 Å². The third-order valence-corrected chi connectivity index (χ3v) is 10.4. The summed E-state index contributed by atoms with van der Waals surface area (Å²) in [4.78, 5) is 38.9. The van der Waals surface area contributed by atoms with E-state index < -0.39 is 17.1 Å². The minimum absolute atomic E-state index is 0.0424. The van der Waals surface area contributed by atoms with E-state index in [1.54, 1.807) is 0 Å². The number of nitriles is 1. The molecule has 0 heterocycles. The van der Waals surface area contributed by atoms with Crippen LogP contribution in [-0.4, -0.2) is 23.3 Å². The van der Waals surface area contributed by atoms with Crippen LogP contribution >= 0.6 is 0 Å². The molecule has 0 aliphatic heterocycles. The van der Waals surface area contributed by atoms with Crippen molar-refractivity contribution >= 4 is 17.7 Å². The van der Waals surface area contributed by atoms with Gasteiger partial charge in [-0.1, -0.05) is 59.6 Å². The third kappa shape index (κ3) is 4.13. The molecule has 1 amide bonds. The Kier molecular flexibility index (Phi) is 6.55. The van der Waals surface area contributed by atoms with Gasteiger partial charge < -0.3 is 10.5 Å². The predicted octanol–water partition coefficient (Wildman–Crippen LogP) is 6.05. The fourth-order valence-electron chi connectivity index (χ4n) is 8.41. The van der Waals surface area contributed by atoms with Crippen molar-refractivity contribution in [1.82, 2.24) is 0 Å². The van der Waals surface area contributed by atoms with Crippen molar-refractivity contribution in [3.05, 3.63) is 23.3 Å². The van der Waals surface area contributed by atoms with Crippen LogP contribution in [-0.2, 0) is 14.3 Å². The molecular weight excluding hydrogens is 452 g/mol. The molecule has 2 saturated carbocycles. The summed E-state index contributed by atoms with van der Waals surface area (Å²) in [5.41, 5.74) is 5.36. The standard InChI is InChI=1S/C30H42N2O4/c1-7-8-21-18(2)25(34)19(17-31)14-29(21,6)20-13-23(33)24-22-16-27(3,4)9-11-30(22,36-26(32)35)12-10-28(24,5)15-20/h13-14,18,21-22,24H,7-12,15-16H2,1-6H3,(H2,32,35)/t18-,21-,22?,24?,28-,29+,30-/m0/s1. The van der Waals surface area contributed by atoms with Gasteiger partial charge in [0.05, 0.1) is 5.57 Å². The molecule has 0 aromatic carbocycles. The first-order valence-corrected chi connectivity index (χ1v) is 13.6. The normalized spacial score (nSPS) is 41.8. The van der Waals surface area contributed by atoms with Crippen molar-refractivity contribution in [3.63, 3.8) is 0 Å². The molecule has 2 unspecified atom stereocenters. The van der Waals surface area contributed by atoms with Crippen molar-refractivity contribution < 1.29 is 19.1 Å². The van der Waals surface area contributed by atoms with Gasteiger partial charge in [-0.05, 0) is 67.8 Å². The summed E-state index contributed by atoms with van der Waals surface area (Å²) in [6.07, 6.45) is 9.39. The van der Waals surface area contributed by atoms with E-state index in [9.17, 15) is 19.6 Å². The first-order valence-electron chi connectivity index (χ1n) is 13.6. The number of nitrogens with two attached hydrogens (primary N) is 1. The number of ether oxygens (including phenoxy) is 1. The third-order valence-electron chi connectivity index (χ3n) is 10.4. The highest BCUT2D eigenvalue weighted by molar-refractivity contribution is 6.02. The number of amides is 1. The van der Waals surface area contributed by atoms with E-state index in [2.05, 4.69) is 40.7 Å². The summed E-state index contributed by atoms with van der Waals surface area (Å²) in [5, 5.41) is 9.72. The average molecular weight is 495 g/mol. The average Bonchev–Trinajstić information content (AvgIpc) is 2.78. The van der Waals surface area contributed by atoms with Crippen molar-refractivity contribution in [2.75, 3.05) is 0 Å². The highest BCUT2D eigenvalue weighted by Gasteiger charge is 2.62. The fraction of sp³-hybridized carbons (Fsp3) is 0.733. The van der Waals surface area contributed by atoms with Crippen molar-refractivity contribution in [1.29, 1.82) is 5.26 Å². The number of rotatable bonds is 4. The van der Waals surface area contributed by atoms with E-state index in [4.69, 9.17) is 10.5 Å². The molecule has 2 N–H and O–H groups in total. The van der Waals surface area contributed by atoms with E-state index in [-0.39, 0.29) is 51.6 Å². The monoisotopic (exact) mass is 494 g/mol. The molecule has 0 bridgehead atoms. The Labute approximate surface area is 215 Å². The van der Waals surface area contributed by atoms with Gasteiger partial charge in [-0.2, -0.15) is 5.26 Å². The van der Waals surface area contributed by atoms with Gasteiger partial charge in [0.2, 0.25) is 0 Å². The molecule has 0 radical (unpaired) electrons. The molecule has 6 nitrogen and oxygen atoms in total. The minimum atomic E-state index is -0.757. The number of carbonyl (C=O) groups excluding carboxylic acids is 3. The second-order valence-electron chi connectivity index (χ2n) is 13.3. The Morgan fingerprint density at radius 3 is 2.44 bits per heavy atom. The van der Waals surface area contributed by atoms with Gasteiger partial charge in [-0.25, -0.2) is 4.79 Å². The fourth-order valence-corrected chi connectivity index (χ4v) is 8.41. The van der Waals surface area contributed by atoms with Crippen LogP contribution in [0.1, 0.15) is 92.9 Å². The zero-order valence-corrected chi connectivity index (χ0v) is 22.8. The van der Waals surface area contributed by atoms with Gasteiger partial charge >= 0.3 is 6.09 Å². The molecule has 2 fully saturated rings. The summed E-state index contributed by atoms with van der Waals surface area (Å²) < 4.78 is 5.87. The number of carbonyl (C=O) groups is 3. The Hall–Kier alpha value is -2.42. The number of fused-ring (bicyclic) bond motifs is 3. The molecular formula is C30H42N2O4. The van der Waals surface area contributed by atoms with Gasteiger partial charge in [-0.3, -0.25) is 9.59 Å². The van der Waals surface area contributed by atoms with Gasteiger partial charge in [-0.15, -0.1) is 0 Å². The van der Waals surface area contributed by atoms with Crippen molar-refractivity contribution in [2.24, 2.45) is 45.7 Å². The van der Waals surface area contributed by atoms with E-state index >= 15 is 0 Å². The van der Waals surface area contributed by atoms with Crippen LogP contribution in [0, 0.1) is 51.2 Å². The summed E-state index contributed by atoms with van der Waals surface area (Å²) in [5.74, 6) is -0.542. The number of Topliss-reactive ketones (excluding diaryl/α,β-unsaturated/α-hetero) is 1. The number of hydrogen-bond donors (Lipinski definition) is 1. The number of hydrogen-bond acceptors (Lipinski definition) is 5. The molecule has 36 heavy (non-hydrogen) atoms. The molecule has 6 heteroatoms. The largest absolute Gasteiger partial charge is 0.443 e. The van der Waals surface area contributed by atoms with Crippen LogP contribution in [0.2, 0.25) is 0 Å². The summed E-state index contributed by atoms with van der Waals surface area (Å²) in [7, 11) is 0. The summed E-state index contributed by atoms with van der Waals surface area (Å²) in [6.45, 7) is 12.8. The van der Waals surface area contributed by atoms with Crippen LogP contribution < -0.4 is 5.73 Å². The molecule has 4 rings (SSSR count). The maximum atomic E-state index is 14.1. The van der Waals surface area contributed by atoms with E-state index in [0.717, 1.165) is 50.5 Å². The number of primary amides is 1. The lowest BCUT2D eigenvalue weighted by molar-refractivity contribution is -0.170. The van der Waals surface area contributed by atoms with Crippen molar-refractivity contribution in [2.45, 2.75) is 98.5 Å². The molecule has 0 spiro atoms. The Bertz CT molecular complexity index is 1080. The topological polar surface area (TPSA) is 110 Å². The lowest BCUT2D eigenvalue weighted by Crippen LogP contribution is -2.61. The summed E-state index contributed by atoms with van der Waals surface area (Å²) in [6, 6.07) is 2.13. The SMILES string of the molecule is CCC[C@H]1[C@H](C)C(=O)C(C#N)=C[C@]1(C)C1=CC(=O)C2C3CC(C)(C)CC[C@]3(OC(N)=O)CC[C@@]2(C)C1. The minimum Gasteiger partial charge on any atom is -0.443 e. The summed E-state index contributed by atoms with van der Waals surface area (Å²) >= 11 is 0. The molecule has 0 aromatic rings. The van der Waals surface area contributed by atoms with E-state index in [0.29, 0.717) is 6.42 Å². The van der Waals surface area contributed by atoms with Crippen LogP contribution in [0.3, 0.4) is 0 Å². The second kappa shape index (κ2) is 8.85. The van der Waals surface area contributed by atoms with Gasteiger partial charge in [0, 0.05) is 23.2 Å². The van der Waals surface area contributed by atoms with E-state index in [1.807, 2.05) is 19.1 Å². The number of nitrogens with zero attached hydrogens (tertiary/aromatic N) is 1. The molecule has 196 valence electrons. The van der Waals surface area contributed by atoms with Crippen LogP contribution in [0.5, 0.6) is 0 Å². The van der Waals surface area contributed by atoms with Gasteiger partial charge in [0.1, 0.15) is 11.7 Å². The molecule has 0 saturated heterocycles. The Morgan fingerprint density at radius 2 is 1.83 bits per heavy atom. The molecule has 4 aliphatic rings. The quantitative estimate of drug-likeness (QED) is 0.511. The van der Waals surface area contributed by atoms with Gasteiger partial charge in [0.15, 0.2) is 11.6 Å². The lowest BCUT2D eigenvalue weighted by atomic mass is 9.45. The number of ketones is 2. The first kappa shape index (κ1) is 26.6.